The van der Waals surface area contributed by atoms with Gasteiger partial charge in [0.2, 0.25) is 0 Å². The standard InChI is InChI=1S/C13H10OS2/c14-13-10(7-9-3-5-15-8-9)1-2-12-11(13)4-6-16-12/h1-6,8,14H,7H2. The van der Waals surface area contributed by atoms with Crippen molar-refractivity contribution < 1.29 is 5.11 Å². The highest BCUT2D eigenvalue weighted by atomic mass is 32.1. The second kappa shape index (κ2) is 3.92. The number of thiophene rings is 2. The Hall–Kier alpha value is -1.32. The number of benzene rings is 1. The van der Waals surface area contributed by atoms with Gasteiger partial charge in [-0.2, -0.15) is 11.3 Å². The first kappa shape index (κ1) is 9.87. The van der Waals surface area contributed by atoms with Crippen molar-refractivity contribution in [2.45, 2.75) is 6.42 Å². The van der Waals surface area contributed by atoms with E-state index in [1.165, 1.54) is 5.56 Å². The topological polar surface area (TPSA) is 20.2 Å². The summed E-state index contributed by atoms with van der Waals surface area (Å²) in [6.45, 7) is 0. The maximum atomic E-state index is 10.1. The van der Waals surface area contributed by atoms with Gasteiger partial charge in [0.1, 0.15) is 5.75 Å². The van der Waals surface area contributed by atoms with Gasteiger partial charge in [-0.05, 0) is 45.5 Å². The Morgan fingerprint density at radius 3 is 2.81 bits per heavy atom. The molecule has 0 bridgehead atoms. The number of phenols is 1. The van der Waals surface area contributed by atoms with Crippen molar-refractivity contribution in [2.75, 3.05) is 0 Å². The van der Waals surface area contributed by atoms with Crippen molar-refractivity contribution in [1.29, 1.82) is 0 Å². The summed E-state index contributed by atoms with van der Waals surface area (Å²) < 4.78 is 1.14. The maximum Gasteiger partial charge on any atom is 0.127 e. The van der Waals surface area contributed by atoms with E-state index in [-0.39, 0.29) is 0 Å². The SMILES string of the molecule is Oc1c(Cc2ccsc2)ccc2sccc12. The van der Waals surface area contributed by atoms with E-state index in [1.807, 2.05) is 17.5 Å². The Kier molecular flexibility index (Phi) is 2.42. The van der Waals surface area contributed by atoms with Crippen LogP contribution >= 0.6 is 22.7 Å². The Morgan fingerprint density at radius 2 is 2.00 bits per heavy atom. The zero-order valence-corrected chi connectivity index (χ0v) is 10.1. The summed E-state index contributed by atoms with van der Waals surface area (Å²) in [6, 6.07) is 8.18. The van der Waals surface area contributed by atoms with Crippen molar-refractivity contribution in [2.24, 2.45) is 0 Å². The molecular formula is C13H10OS2. The number of fused-ring (bicyclic) bond motifs is 1. The Morgan fingerprint density at radius 1 is 1.06 bits per heavy atom. The van der Waals surface area contributed by atoms with Crippen LogP contribution in [0.4, 0.5) is 0 Å². The van der Waals surface area contributed by atoms with E-state index >= 15 is 0 Å². The normalized spacial score (nSPS) is 11.0. The molecule has 3 rings (SSSR count). The summed E-state index contributed by atoms with van der Waals surface area (Å²) >= 11 is 3.35. The van der Waals surface area contributed by atoms with E-state index in [1.54, 1.807) is 22.7 Å². The highest BCUT2D eigenvalue weighted by Crippen LogP contribution is 2.33. The number of rotatable bonds is 2. The number of hydrogen-bond donors (Lipinski definition) is 1. The minimum Gasteiger partial charge on any atom is -0.507 e. The average molecular weight is 246 g/mol. The quantitative estimate of drug-likeness (QED) is 0.716. The van der Waals surface area contributed by atoms with Crippen LogP contribution in [-0.2, 0) is 6.42 Å². The zero-order valence-electron chi connectivity index (χ0n) is 8.51. The minimum absolute atomic E-state index is 0.435. The van der Waals surface area contributed by atoms with Crippen LogP contribution in [0.15, 0.2) is 40.4 Å². The molecule has 0 aliphatic heterocycles. The van der Waals surface area contributed by atoms with Crippen molar-refractivity contribution in [1.82, 2.24) is 0 Å². The van der Waals surface area contributed by atoms with Gasteiger partial charge in [0, 0.05) is 16.5 Å². The summed E-state index contributed by atoms with van der Waals surface area (Å²) in [7, 11) is 0. The van der Waals surface area contributed by atoms with E-state index in [2.05, 4.69) is 22.9 Å². The molecule has 0 saturated carbocycles. The third-order valence-electron chi connectivity index (χ3n) is 2.67. The number of hydrogen-bond acceptors (Lipinski definition) is 3. The van der Waals surface area contributed by atoms with Crippen molar-refractivity contribution >= 4 is 32.8 Å². The predicted molar refractivity (Wildman–Crippen MR) is 70.6 cm³/mol. The predicted octanol–water partition coefficient (Wildman–Crippen LogP) is 4.26. The molecule has 0 aliphatic rings. The molecule has 1 nitrogen and oxygen atoms in total. The van der Waals surface area contributed by atoms with E-state index < -0.39 is 0 Å². The summed E-state index contributed by atoms with van der Waals surface area (Å²) in [5.41, 5.74) is 2.26. The molecule has 1 N–H and O–H groups in total. The molecule has 0 saturated heterocycles. The lowest BCUT2D eigenvalue weighted by molar-refractivity contribution is 0.476. The van der Waals surface area contributed by atoms with Gasteiger partial charge in [-0.1, -0.05) is 6.07 Å². The van der Waals surface area contributed by atoms with Gasteiger partial charge < -0.3 is 5.11 Å². The molecule has 0 aliphatic carbocycles. The van der Waals surface area contributed by atoms with Crippen molar-refractivity contribution in [3.63, 3.8) is 0 Å². The second-order valence-corrected chi connectivity index (χ2v) is 5.44. The van der Waals surface area contributed by atoms with Gasteiger partial charge in [0.05, 0.1) is 0 Å². The molecule has 3 aromatic rings. The third kappa shape index (κ3) is 1.62. The molecule has 0 spiro atoms. The van der Waals surface area contributed by atoms with Crippen LogP contribution in [0.25, 0.3) is 10.1 Å². The van der Waals surface area contributed by atoms with Crippen LogP contribution < -0.4 is 0 Å². The van der Waals surface area contributed by atoms with Gasteiger partial charge in [-0.15, -0.1) is 11.3 Å². The molecule has 0 amide bonds. The molecule has 2 aromatic heterocycles. The second-order valence-electron chi connectivity index (χ2n) is 3.71. The maximum absolute atomic E-state index is 10.1. The molecule has 16 heavy (non-hydrogen) atoms. The van der Waals surface area contributed by atoms with Gasteiger partial charge in [-0.25, -0.2) is 0 Å². The van der Waals surface area contributed by atoms with Crippen LogP contribution in [0.2, 0.25) is 0 Å². The Balaban J connectivity index is 2.07. The smallest absolute Gasteiger partial charge is 0.127 e. The molecule has 0 unspecified atom stereocenters. The highest BCUT2D eigenvalue weighted by Gasteiger charge is 2.07. The fourth-order valence-electron chi connectivity index (χ4n) is 1.83. The molecule has 3 heteroatoms. The van der Waals surface area contributed by atoms with Gasteiger partial charge in [-0.3, -0.25) is 0 Å². The molecule has 80 valence electrons. The van der Waals surface area contributed by atoms with Crippen LogP contribution in [0.5, 0.6) is 5.75 Å². The van der Waals surface area contributed by atoms with E-state index in [4.69, 9.17) is 0 Å². The lowest BCUT2D eigenvalue weighted by atomic mass is 10.0. The fraction of sp³-hybridized carbons (Fsp3) is 0.0769. The van der Waals surface area contributed by atoms with E-state index in [0.29, 0.717) is 5.75 Å². The molecule has 0 atom stereocenters. The number of phenolic OH excluding ortho intramolecular Hbond substituents is 1. The Bertz CT molecular complexity index is 608. The lowest BCUT2D eigenvalue weighted by Gasteiger charge is -2.04. The van der Waals surface area contributed by atoms with E-state index in [9.17, 15) is 5.11 Å². The first-order valence-electron chi connectivity index (χ1n) is 5.04. The summed E-state index contributed by atoms with van der Waals surface area (Å²) in [6.07, 6.45) is 0.807. The first-order chi connectivity index (χ1) is 7.84. The molecule has 0 radical (unpaired) electrons. The largest absolute Gasteiger partial charge is 0.507 e. The summed E-state index contributed by atoms with van der Waals surface area (Å²) in [5, 5.41) is 17.3. The minimum atomic E-state index is 0.435. The molecule has 1 aromatic carbocycles. The Labute approximate surface area is 102 Å². The molecule has 0 fully saturated rings. The monoisotopic (exact) mass is 246 g/mol. The molecular weight excluding hydrogens is 236 g/mol. The van der Waals surface area contributed by atoms with Gasteiger partial charge in [0.25, 0.3) is 0 Å². The van der Waals surface area contributed by atoms with Crippen LogP contribution in [0.3, 0.4) is 0 Å². The third-order valence-corrected chi connectivity index (χ3v) is 4.28. The lowest BCUT2D eigenvalue weighted by Crippen LogP contribution is -1.86. The first-order valence-corrected chi connectivity index (χ1v) is 6.86. The molecule has 2 heterocycles. The van der Waals surface area contributed by atoms with Crippen LogP contribution in [0, 0.1) is 0 Å². The highest BCUT2D eigenvalue weighted by molar-refractivity contribution is 7.17. The fourth-order valence-corrected chi connectivity index (χ4v) is 3.29. The zero-order chi connectivity index (χ0) is 11.0. The summed E-state index contributed by atoms with van der Waals surface area (Å²) in [5.74, 6) is 0.435. The average Bonchev–Trinajstić information content (AvgIpc) is 2.93. The summed E-state index contributed by atoms with van der Waals surface area (Å²) in [4.78, 5) is 0. The van der Waals surface area contributed by atoms with Gasteiger partial charge >= 0.3 is 0 Å². The van der Waals surface area contributed by atoms with Crippen molar-refractivity contribution in [3.05, 3.63) is 51.5 Å². The van der Waals surface area contributed by atoms with Crippen LogP contribution in [0.1, 0.15) is 11.1 Å². The van der Waals surface area contributed by atoms with Crippen molar-refractivity contribution in [3.8, 4) is 5.75 Å². The number of aromatic hydroxyl groups is 1. The van der Waals surface area contributed by atoms with Crippen LogP contribution in [-0.4, -0.2) is 5.11 Å². The van der Waals surface area contributed by atoms with E-state index in [0.717, 1.165) is 22.1 Å². The van der Waals surface area contributed by atoms with Gasteiger partial charge in [0.15, 0.2) is 0 Å².